The van der Waals surface area contributed by atoms with Gasteiger partial charge in [-0.15, -0.1) is 0 Å². The Morgan fingerprint density at radius 2 is 1.70 bits per heavy atom. The van der Waals surface area contributed by atoms with Crippen LogP contribution in [0.4, 0.5) is 0 Å². The lowest BCUT2D eigenvalue weighted by atomic mass is 10.0. The van der Waals surface area contributed by atoms with Gasteiger partial charge in [0.1, 0.15) is 5.76 Å². The van der Waals surface area contributed by atoms with Gasteiger partial charge < -0.3 is 10.2 Å². The third-order valence-corrected chi connectivity index (χ3v) is 3.55. The number of hydrogen-bond acceptors (Lipinski definition) is 2. The topological polar surface area (TPSA) is 57.5 Å². The fraction of sp³-hybridized carbons (Fsp3) is 0.150. The average Bonchev–Trinajstić information content (AvgIpc) is 2.55. The van der Waals surface area contributed by atoms with Gasteiger partial charge in [-0.25, -0.2) is 4.79 Å². The van der Waals surface area contributed by atoms with Crippen molar-refractivity contribution < 1.29 is 15.0 Å². The van der Waals surface area contributed by atoms with Gasteiger partial charge in [-0.05, 0) is 35.3 Å². The van der Waals surface area contributed by atoms with Gasteiger partial charge in [-0.2, -0.15) is 0 Å². The lowest BCUT2D eigenvalue weighted by Crippen LogP contribution is -1.95. The molecule has 0 radical (unpaired) electrons. The van der Waals surface area contributed by atoms with Crippen LogP contribution in [0.2, 0.25) is 0 Å². The van der Waals surface area contributed by atoms with Gasteiger partial charge in [0.15, 0.2) is 0 Å². The molecule has 0 heterocycles. The van der Waals surface area contributed by atoms with Crippen molar-refractivity contribution >= 4 is 17.8 Å². The standard InChI is InChI=1S/C20H20O3/c1-14(2)16-9-11-17(12-10-16)19(21)8-4-6-15-5-3-7-18(13-15)20(22)23/h3-14,21H,1-2H3,(H,22,23)/b6-4+,19-8-. The number of carboxylic acids is 1. The number of allylic oxidation sites excluding steroid dienone is 2. The van der Waals surface area contributed by atoms with E-state index in [-0.39, 0.29) is 11.3 Å². The van der Waals surface area contributed by atoms with Gasteiger partial charge in [0, 0.05) is 5.56 Å². The van der Waals surface area contributed by atoms with Gasteiger partial charge in [0.2, 0.25) is 0 Å². The van der Waals surface area contributed by atoms with E-state index >= 15 is 0 Å². The molecule has 23 heavy (non-hydrogen) atoms. The first-order valence-electron chi connectivity index (χ1n) is 7.48. The molecule has 0 spiro atoms. The quantitative estimate of drug-likeness (QED) is 0.595. The predicted molar refractivity (Wildman–Crippen MR) is 93.6 cm³/mol. The molecule has 0 unspecified atom stereocenters. The highest BCUT2D eigenvalue weighted by atomic mass is 16.4. The summed E-state index contributed by atoms with van der Waals surface area (Å²) < 4.78 is 0. The maximum atomic E-state index is 10.9. The molecule has 0 aliphatic rings. The van der Waals surface area contributed by atoms with Gasteiger partial charge in [-0.1, -0.05) is 62.4 Å². The van der Waals surface area contributed by atoms with Crippen LogP contribution in [-0.4, -0.2) is 16.2 Å². The Hall–Kier alpha value is -2.81. The second-order valence-corrected chi connectivity index (χ2v) is 5.62. The molecule has 3 heteroatoms. The van der Waals surface area contributed by atoms with E-state index in [0.29, 0.717) is 5.92 Å². The number of hydrogen-bond donors (Lipinski definition) is 2. The Bertz CT molecular complexity index is 738. The molecular weight excluding hydrogens is 288 g/mol. The molecule has 0 atom stereocenters. The van der Waals surface area contributed by atoms with Crippen molar-refractivity contribution in [2.75, 3.05) is 0 Å². The molecule has 0 aliphatic carbocycles. The van der Waals surface area contributed by atoms with Crippen molar-refractivity contribution in [3.8, 4) is 0 Å². The zero-order valence-corrected chi connectivity index (χ0v) is 13.2. The van der Waals surface area contributed by atoms with Crippen molar-refractivity contribution in [1.82, 2.24) is 0 Å². The zero-order chi connectivity index (χ0) is 16.8. The van der Waals surface area contributed by atoms with E-state index in [1.54, 1.807) is 36.4 Å². The van der Waals surface area contributed by atoms with Crippen LogP contribution in [-0.2, 0) is 0 Å². The van der Waals surface area contributed by atoms with E-state index in [1.165, 1.54) is 5.56 Å². The fourth-order valence-corrected chi connectivity index (χ4v) is 2.16. The highest BCUT2D eigenvalue weighted by Crippen LogP contribution is 2.18. The summed E-state index contributed by atoms with van der Waals surface area (Å²) >= 11 is 0. The summed E-state index contributed by atoms with van der Waals surface area (Å²) in [5, 5.41) is 19.0. The van der Waals surface area contributed by atoms with Crippen molar-refractivity contribution in [2.24, 2.45) is 0 Å². The van der Waals surface area contributed by atoms with Crippen LogP contribution < -0.4 is 0 Å². The summed E-state index contributed by atoms with van der Waals surface area (Å²) in [5.74, 6) is -0.327. The van der Waals surface area contributed by atoms with Gasteiger partial charge >= 0.3 is 5.97 Å². The van der Waals surface area contributed by atoms with E-state index in [1.807, 2.05) is 30.3 Å². The van der Waals surface area contributed by atoms with Gasteiger partial charge in [-0.3, -0.25) is 0 Å². The molecule has 0 aromatic heterocycles. The van der Waals surface area contributed by atoms with Crippen LogP contribution in [0.25, 0.3) is 11.8 Å². The lowest BCUT2D eigenvalue weighted by Gasteiger charge is -2.06. The number of carboxylic acid groups (broad SMARTS) is 1. The number of carbonyl (C=O) groups is 1. The van der Waals surface area contributed by atoms with Crippen LogP contribution in [0.1, 0.15) is 46.8 Å². The first-order valence-corrected chi connectivity index (χ1v) is 7.48. The summed E-state index contributed by atoms with van der Waals surface area (Å²) in [7, 11) is 0. The molecule has 0 fully saturated rings. The van der Waals surface area contributed by atoms with Crippen molar-refractivity contribution in [3.63, 3.8) is 0 Å². The third kappa shape index (κ3) is 4.58. The van der Waals surface area contributed by atoms with Crippen molar-refractivity contribution in [2.45, 2.75) is 19.8 Å². The van der Waals surface area contributed by atoms with Gasteiger partial charge in [0.05, 0.1) is 5.56 Å². The van der Waals surface area contributed by atoms with E-state index < -0.39 is 5.97 Å². The Kier molecular flexibility index (Phi) is 5.36. The number of aromatic carboxylic acids is 1. The molecule has 0 aliphatic heterocycles. The molecule has 0 saturated heterocycles. The van der Waals surface area contributed by atoms with Crippen LogP contribution in [0.15, 0.2) is 60.7 Å². The highest BCUT2D eigenvalue weighted by molar-refractivity contribution is 5.88. The molecule has 2 aromatic rings. The summed E-state index contributed by atoms with van der Waals surface area (Å²) in [4.78, 5) is 10.9. The monoisotopic (exact) mass is 308 g/mol. The van der Waals surface area contributed by atoms with Crippen LogP contribution >= 0.6 is 0 Å². The third-order valence-electron chi connectivity index (χ3n) is 3.55. The minimum Gasteiger partial charge on any atom is -0.507 e. The van der Waals surface area contributed by atoms with Crippen LogP contribution in [0.3, 0.4) is 0 Å². The number of aliphatic hydroxyl groups excluding tert-OH is 1. The molecule has 0 amide bonds. The maximum Gasteiger partial charge on any atom is 0.335 e. The minimum atomic E-state index is -0.955. The van der Waals surface area contributed by atoms with E-state index in [9.17, 15) is 9.90 Å². The summed E-state index contributed by atoms with van der Waals surface area (Å²) in [6.07, 6.45) is 5.05. The Labute approximate surface area is 136 Å². The summed E-state index contributed by atoms with van der Waals surface area (Å²) in [6.45, 7) is 4.25. The Balaban J connectivity index is 2.12. The van der Waals surface area contributed by atoms with Gasteiger partial charge in [0.25, 0.3) is 0 Å². The molecular formula is C20H20O3. The average molecular weight is 308 g/mol. The number of rotatable bonds is 5. The summed E-state index contributed by atoms with van der Waals surface area (Å²) in [5.41, 5.74) is 2.98. The van der Waals surface area contributed by atoms with Crippen molar-refractivity contribution in [1.29, 1.82) is 0 Å². The predicted octanol–water partition coefficient (Wildman–Crippen LogP) is 5.12. The second kappa shape index (κ2) is 7.45. The maximum absolute atomic E-state index is 10.9. The van der Waals surface area contributed by atoms with E-state index in [2.05, 4.69) is 13.8 Å². The van der Waals surface area contributed by atoms with Crippen molar-refractivity contribution in [3.05, 3.63) is 82.9 Å². The van der Waals surface area contributed by atoms with Crippen LogP contribution in [0.5, 0.6) is 0 Å². The molecule has 0 saturated carbocycles. The molecule has 3 nitrogen and oxygen atoms in total. The molecule has 2 aromatic carbocycles. The molecule has 0 bridgehead atoms. The smallest absolute Gasteiger partial charge is 0.335 e. The molecule has 118 valence electrons. The Morgan fingerprint density at radius 1 is 1.00 bits per heavy atom. The zero-order valence-electron chi connectivity index (χ0n) is 13.2. The minimum absolute atomic E-state index is 0.172. The van der Waals surface area contributed by atoms with Crippen LogP contribution in [0, 0.1) is 0 Å². The molecule has 2 N–H and O–H groups in total. The fourth-order valence-electron chi connectivity index (χ4n) is 2.16. The lowest BCUT2D eigenvalue weighted by molar-refractivity contribution is 0.0697. The number of aliphatic hydroxyl groups is 1. The summed E-state index contributed by atoms with van der Waals surface area (Å²) in [6, 6.07) is 14.4. The highest BCUT2D eigenvalue weighted by Gasteiger charge is 2.02. The van der Waals surface area contributed by atoms with E-state index in [0.717, 1.165) is 11.1 Å². The molecule has 2 rings (SSSR count). The first-order chi connectivity index (χ1) is 11.0. The van der Waals surface area contributed by atoms with E-state index in [4.69, 9.17) is 5.11 Å². The normalized spacial score (nSPS) is 12.0. The second-order valence-electron chi connectivity index (χ2n) is 5.62. The number of benzene rings is 2. The first kappa shape index (κ1) is 16.6. The SMILES string of the molecule is CC(C)c1ccc(/C(O)=C/C=C/c2cccc(C(=O)O)c2)cc1. The Morgan fingerprint density at radius 3 is 2.30 bits per heavy atom. The largest absolute Gasteiger partial charge is 0.507 e.